The summed E-state index contributed by atoms with van der Waals surface area (Å²) in [6.45, 7) is 8.97. The topological polar surface area (TPSA) is 78.9 Å². The molecule has 0 N–H and O–H groups in total. The lowest BCUT2D eigenvalue weighted by Crippen LogP contribution is -2.30. The Bertz CT molecular complexity index is 811. The highest BCUT2D eigenvalue weighted by atomic mass is 16.6. The van der Waals surface area contributed by atoms with Gasteiger partial charge in [-0.25, -0.2) is 0 Å². The van der Waals surface area contributed by atoms with Gasteiger partial charge in [0.05, 0.1) is 0 Å². The first-order chi connectivity index (χ1) is 26.4. The van der Waals surface area contributed by atoms with Crippen molar-refractivity contribution in [3.8, 4) is 0 Å². The van der Waals surface area contributed by atoms with Crippen LogP contribution in [0.1, 0.15) is 265 Å². The Labute approximate surface area is 336 Å². The van der Waals surface area contributed by atoms with Gasteiger partial charge in [-0.3, -0.25) is 14.4 Å². The van der Waals surface area contributed by atoms with Gasteiger partial charge >= 0.3 is 17.9 Å². The lowest BCUT2D eigenvalue weighted by Gasteiger charge is -2.18. The maximum atomic E-state index is 12.7. The maximum absolute atomic E-state index is 12.7. The van der Waals surface area contributed by atoms with Crippen molar-refractivity contribution < 1.29 is 28.6 Å². The van der Waals surface area contributed by atoms with Gasteiger partial charge in [0, 0.05) is 19.3 Å². The second-order valence-electron chi connectivity index (χ2n) is 16.9. The minimum absolute atomic E-state index is 0.0636. The summed E-state index contributed by atoms with van der Waals surface area (Å²) in [6, 6.07) is 0. The van der Waals surface area contributed by atoms with Crippen LogP contribution in [0.3, 0.4) is 0 Å². The molecular formula is C48H92O6. The van der Waals surface area contributed by atoms with Crippen LogP contribution in [-0.4, -0.2) is 37.2 Å². The summed E-state index contributed by atoms with van der Waals surface area (Å²) in [5.74, 6) is -0.0182. The first kappa shape index (κ1) is 52.4. The van der Waals surface area contributed by atoms with Crippen LogP contribution in [0.25, 0.3) is 0 Å². The van der Waals surface area contributed by atoms with Crippen molar-refractivity contribution in [2.75, 3.05) is 13.2 Å². The monoisotopic (exact) mass is 765 g/mol. The smallest absolute Gasteiger partial charge is 0.306 e. The molecule has 0 unspecified atom stereocenters. The number of ether oxygens (including phenoxy) is 3. The lowest BCUT2D eigenvalue weighted by molar-refractivity contribution is -0.167. The molecule has 0 radical (unpaired) electrons. The third-order valence-electron chi connectivity index (χ3n) is 10.8. The fourth-order valence-electron chi connectivity index (χ4n) is 7.16. The number of hydrogen-bond donors (Lipinski definition) is 0. The molecule has 0 aromatic heterocycles. The molecule has 6 nitrogen and oxygen atoms in total. The number of carbonyl (C=O) groups excluding carboxylic acids is 3. The lowest BCUT2D eigenvalue weighted by atomic mass is 10.0. The number of unbranched alkanes of at least 4 members (excludes halogenated alkanes) is 30. The maximum Gasteiger partial charge on any atom is 0.306 e. The molecule has 0 spiro atoms. The summed E-state index contributed by atoms with van der Waals surface area (Å²) in [5.41, 5.74) is 0. The number of esters is 3. The minimum atomic E-state index is -0.758. The molecule has 0 aliphatic heterocycles. The number of hydrogen-bond acceptors (Lipinski definition) is 6. The molecule has 0 bridgehead atoms. The third kappa shape index (κ3) is 41.6. The van der Waals surface area contributed by atoms with Gasteiger partial charge in [0.25, 0.3) is 0 Å². The van der Waals surface area contributed by atoms with Gasteiger partial charge in [0.2, 0.25) is 0 Å². The molecule has 0 rings (SSSR count). The van der Waals surface area contributed by atoms with Gasteiger partial charge in [-0.05, 0) is 25.2 Å². The summed E-state index contributed by atoms with van der Waals surface area (Å²) >= 11 is 0. The highest BCUT2D eigenvalue weighted by molar-refractivity contribution is 5.71. The Morgan fingerprint density at radius 3 is 0.907 bits per heavy atom. The molecule has 0 aliphatic rings. The molecule has 54 heavy (non-hydrogen) atoms. The van der Waals surface area contributed by atoms with Crippen LogP contribution in [0, 0.1) is 5.92 Å². The van der Waals surface area contributed by atoms with Gasteiger partial charge in [-0.1, -0.05) is 227 Å². The molecule has 0 amide bonds. The van der Waals surface area contributed by atoms with E-state index in [0.29, 0.717) is 19.3 Å². The Hall–Kier alpha value is -1.59. The molecule has 0 saturated heterocycles. The highest BCUT2D eigenvalue weighted by Gasteiger charge is 2.19. The summed E-state index contributed by atoms with van der Waals surface area (Å²) in [4.78, 5) is 37.6. The molecule has 0 fully saturated rings. The summed E-state index contributed by atoms with van der Waals surface area (Å²) in [6.07, 6.45) is 42.4. The minimum Gasteiger partial charge on any atom is -0.462 e. The molecular weight excluding hydrogens is 673 g/mol. The van der Waals surface area contributed by atoms with E-state index in [2.05, 4.69) is 27.7 Å². The second-order valence-corrected chi connectivity index (χ2v) is 16.9. The predicted molar refractivity (Wildman–Crippen MR) is 229 cm³/mol. The molecule has 0 heterocycles. The average Bonchev–Trinajstić information content (AvgIpc) is 3.15. The molecule has 1 atom stereocenters. The molecule has 6 heteroatoms. The van der Waals surface area contributed by atoms with Crippen molar-refractivity contribution in [3.63, 3.8) is 0 Å². The molecule has 0 aliphatic carbocycles. The fraction of sp³-hybridized carbons (Fsp3) is 0.938. The third-order valence-corrected chi connectivity index (χ3v) is 10.8. The van der Waals surface area contributed by atoms with Crippen LogP contribution in [0.4, 0.5) is 0 Å². The van der Waals surface area contributed by atoms with Crippen molar-refractivity contribution >= 4 is 17.9 Å². The van der Waals surface area contributed by atoms with E-state index in [-0.39, 0.29) is 31.1 Å². The van der Waals surface area contributed by atoms with Crippen molar-refractivity contribution in [1.29, 1.82) is 0 Å². The SMILES string of the molecule is CCCCCCCCCCCCCCCC(=O)OC[C@@H](COC(=O)CCCCCCCCC)OC(=O)CCCCCCCCCCCCCCCC(C)C. The van der Waals surface area contributed by atoms with Crippen LogP contribution < -0.4 is 0 Å². The second kappa shape index (κ2) is 42.6. The quantitative estimate of drug-likeness (QED) is 0.0349. The van der Waals surface area contributed by atoms with Gasteiger partial charge < -0.3 is 14.2 Å². The van der Waals surface area contributed by atoms with E-state index in [9.17, 15) is 14.4 Å². The van der Waals surface area contributed by atoms with Crippen molar-refractivity contribution in [2.24, 2.45) is 5.92 Å². The Kier molecular flexibility index (Phi) is 41.3. The zero-order valence-electron chi connectivity index (χ0n) is 36.7. The van der Waals surface area contributed by atoms with Gasteiger partial charge in [-0.15, -0.1) is 0 Å². The van der Waals surface area contributed by atoms with E-state index >= 15 is 0 Å². The van der Waals surface area contributed by atoms with Crippen molar-refractivity contribution in [2.45, 2.75) is 271 Å². The van der Waals surface area contributed by atoms with Gasteiger partial charge in [0.1, 0.15) is 13.2 Å². The zero-order valence-corrected chi connectivity index (χ0v) is 36.7. The normalized spacial score (nSPS) is 11.9. The Balaban J connectivity index is 4.24. The van der Waals surface area contributed by atoms with E-state index in [0.717, 1.165) is 63.7 Å². The molecule has 320 valence electrons. The first-order valence-electron chi connectivity index (χ1n) is 23.9. The Morgan fingerprint density at radius 1 is 0.352 bits per heavy atom. The molecule has 0 saturated carbocycles. The van der Waals surface area contributed by atoms with Crippen LogP contribution >= 0.6 is 0 Å². The summed E-state index contributed by atoms with van der Waals surface area (Å²) in [5, 5.41) is 0. The summed E-state index contributed by atoms with van der Waals surface area (Å²) < 4.78 is 16.7. The largest absolute Gasteiger partial charge is 0.462 e. The fourth-order valence-corrected chi connectivity index (χ4v) is 7.16. The van der Waals surface area contributed by atoms with Gasteiger partial charge in [0.15, 0.2) is 6.10 Å². The van der Waals surface area contributed by atoms with E-state index in [4.69, 9.17) is 14.2 Å². The highest BCUT2D eigenvalue weighted by Crippen LogP contribution is 2.16. The average molecular weight is 765 g/mol. The van der Waals surface area contributed by atoms with E-state index in [1.54, 1.807) is 0 Å². The van der Waals surface area contributed by atoms with Crippen molar-refractivity contribution in [1.82, 2.24) is 0 Å². The standard InChI is InChI=1S/C48H92O6/c1-5-7-9-11-13-14-15-17-21-24-28-32-36-40-47(50)53-43-45(42-52-46(49)39-35-31-26-12-10-8-6-2)54-48(51)41-37-33-29-25-22-19-16-18-20-23-27-30-34-38-44(3)4/h44-45H,5-43H2,1-4H3/t45-/m1/s1. The Morgan fingerprint density at radius 2 is 0.611 bits per heavy atom. The predicted octanol–water partition coefficient (Wildman–Crippen LogP) is 15.1. The van der Waals surface area contributed by atoms with Crippen molar-refractivity contribution in [3.05, 3.63) is 0 Å². The van der Waals surface area contributed by atoms with Crippen LogP contribution in [0.2, 0.25) is 0 Å². The number of rotatable bonds is 43. The first-order valence-corrected chi connectivity index (χ1v) is 23.9. The van der Waals surface area contributed by atoms with Gasteiger partial charge in [-0.2, -0.15) is 0 Å². The van der Waals surface area contributed by atoms with Crippen LogP contribution in [0.15, 0.2) is 0 Å². The van der Waals surface area contributed by atoms with Crippen LogP contribution in [-0.2, 0) is 28.6 Å². The van der Waals surface area contributed by atoms with E-state index in [1.165, 1.54) is 161 Å². The van der Waals surface area contributed by atoms with E-state index in [1.807, 2.05) is 0 Å². The van der Waals surface area contributed by atoms with E-state index < -0.39 is 6.10 Å². The molecule has 0 aromatic rings. The van der Waals surface area contributed by atoms with Crippen LogP contribution in [0.5, 0.6) is 0 Å². The molecule has 0 aromatic carbocycles. The number of carbonyl (C=O) groups is 3. The zero-order chi connectivity index (χ0) is 39.6. The summed E-state index contributed by atoms with van der Waals surface area (Å²) in [7, 11) is 0.